The van der Waals surface area contributed by atoms with Gasteiger partial charge in [0.25, 0.3) is 0 Å². The van der Waals surface area contributed by atoms with Gasteiger partial charge < -0.3 is 15.7 Å². The van der Waals surface area contributed by atoms with Crippen LogP contribution in [0.15, 0.2) is 0 Å². The molecule has 0 aromatic rings. The summed E-state index contributed by atoms with van der Waals surface area (Å²) in [5, 5.41) is 14.7. The van der Waals surface area contributed by atoms with E-state index in [0.717, 1.165) is 12.8 Å². The van der Waals surface area contributed by atoms with Gasteiger partial charge >= 0.3 is 12.0 Å². The van der Waals surface area contributed by atoms with Crippen LogP contribution in [-0.4, -0.2) is 57.7 Å². The van der Waals surface area contributed by atoms with Crippen molar-refractivity contribution in [2.24, 2.45) is 0 Å². The third-order valence-electron chi connectivity index (χ3n) is 3.74. The van der Waals surface area contributed by atoms with Crippen molar-refractivity contribution in [3.8, 4) is 0 Å². The lowest BCUT2D eigenvalue weighted by Crippen LogP contribution is -2.55. The molecule has 2 saturated heterocycles. The van der Waals surface area contributed by atoms with Gasteiger partial charge in [-0.3, -0.25) is 9.69 Å². The van der Waals surface area contributed by atoms with Crippen molar-refractivity contribution in [2.45, 2.75) is 50.1 Å². The smallest absolute Gasteiger partial charge is 0.327 e. The summed E-state index contributed by atoms with van der Waals surface area (Å²) >= 11 is 1.52. The van der Waals surface area contributed by atoms with Crippen molar-refractivity contribution in [3.05, 3.63) is 0 Å². The van der Waals surface area contributed by atoms with Gasteiger partial charge in [-0.25, -0.2) is 9.59 Å². The molecule has 0 spiro atoms. The monoisotopic (exact) mass is 315 g/mol. The normalized spacial score (nSPS) is 29.1. The molecule has 2 rings (SSSR count). The van der Waals surface area contributed by atoms with E-state index in [1.54, 1.807) is 0 Å². The zero-order valence-electron chi connectivity index (χ0n) is 12.0. The van der Waals surface area contributed by atoms with E-state index in [9.17, 15) is 19.5 Å². The van der Waals surface area contributed by atoms with Gasteiger partial charge in [-0.05, 0) is 12.8 Å². The maximum atomic E-state index is 12.4. The molecule has 8 heteroatoms. The van der Waals surface area contributed by atoms with Crippen LogP contribution in [0.5, 0.6) is 0 Å². The zero-order chi connectivity index (χ0) is 15.4. The van der Waals surface area contributed by atoms with E-state index in [1.807, 2.05) is 6.92 Å². The Morgan fingerprint density at radius 1 is 1.52 bits per heavy atom. The Morgan fingerprint density at radius 3 is 2.86 bits per heavy atom. The summed E-state index contributed by atoms with van der Waals surface area (Å²) in [6.45, 7) is 2.42. The van der Waals surface area contributed by atoms with E-state index in [0.29, 0.717) is 25.1 Å². The lowest BCUT2D eigenvalue weighted by atomic mass is 10.1. The molecule has 21 heavy (non-hydrogen) atoms. The molecule has 0 aliphatic carbocycles. The molecule has 2 aliphatic rings. The van der Waals surface area contributed by atoms with Crippen LogP contribution in [0.3, 0.4) is 0 Å². The molecule has 3 unspecified atom stereocenters. The fourth-order valence-electron chi connectivity index (χ4n) is 2.60. The van der Waals surface area contributed by atoms with Gasteiger partial charge in [-0.2, -0.15) is 0 Å². The van der Waals surface area contributed by atoms with Crippen LogP contribution in [-0.2, 0) is 9.59 Å². The topological polar surface area (TPSA) is 98.7 Å². The number of urea groups is 1. The molecule has 2 aliphatic heterocycles. The molecule has 3 atom stereocenters. The van der Waals surface area contributed by atoms with E-state index in [-0.39, 0.29) is 23.4 Å². The number of aliphatic carboxylic acids is 1. The van der Waals surface area contributed by atoms with Crippen molar-refractivity contribution in [1.29, 1.82) is 0 Å². The number of rotatable bonds is 4. The van der Waals surface area contributed by atoms with Crippen LogP contribution in [0.1, 0.15) is 32.6 Å². The third-order valence-corrected chi connectivity index (χ3v) is 5.10. The first kappa shape index (κ1) is 15.9. The highest BCUT2D eigenvalue weighted by Crippen LogP contribution is 2.32. The Morgan fingerprint density at radius 2 is 2.29 bits per heavy atom. The van der Waals surface area contributed by atoms with E-state index >= 15 is 0 Å². The van der Waals surface area contributed by atoms with Gasteiger partial charge in [-0.15, -0.1) is 11.8 Å². The fourth-order valence-corrected chi connectivity index (χ4v) is 4.11. The number of carboxylic acids is 1. The second-order valence-electron chi connectivity index (χ2n) is 5.33. The van der Waals surface area contributed by atoms with Crippen molar-refractivity contribution in [1.82, 2.24) is 15.5 Å². The first-order chi connectivity index (χ1) is 10.0. The van der Waals surface area contributed by atoms with Gasteiger partial charge in [0.2, 0.25) is 5.91 Å². The molecule has 2 heterocycles. The van der Waals surface area contributed by atoms with Crippen LogP contribution in [0.4, 0.5) is 4.79 Å². The van der Waals surface area contributed by atoms with E-state index in [2.05, 4.69) is 10.6 Å². The van der Waals surface area contributed by atoms with Crippen LogP contribution in [0, 0.1) is 0 Å². The SMILES string of the molecule is CCCC1SCC(C(=O)O)N1C(=O)NC1CCC(=O)NC1. The molecule has 0 radical (unpaired) electrons. The first-order valence-electron chi connectivity index (χ1n) is 7.22. The van der Waals surface area contributed by atoms with Gasteiger partial charge in [0, 0.05) is 24.8 Å². The second-order valence-corrected chi connectivity index (χ2v) is 6.54. The fraction of sp³-hybridized carbons (Fsp3) is 0.769. The molecule has 3 amide bonds. The molecule has 0 saturated carbocycles. The Bertz CT molecular complexity index is 422. The maximum Gasteiger partial charge on any atom is 0.327 e. The largest absolute Gasteiger partial charge is 0.480 e. The van der Waals surface area contributed by atoms with E-state index in [4.69, 9.17) is 0 Å². The first-order valence-corrected chi connectivity index (χ1v) is 8.27. The lowest BCUT2D eigenvalue weighted by Gasteiger charge is -2.31. The summed E-state index contributed by atoms with van der Waals surface area (Å²) in [5.41, 5.74) is 0. The highest BCUT2D eigenvalue weighted by Gasteiger charge is 2.41. The predicted molar refractivity (Wildman–Crippen MR) is 79.0 cm³/mol. The van der Waals surface area contributed by atoms with E-state index < -0.39 is 12.0 Å². The highest BCUT2D eigenvalue weighted by molar-refractivity contribution is 8.00. The number of hydrogen-bond acceptors (Lipinski definition) is 4. The standard InChI is InChI=1S/C13H21N3O4S/c1-2-3-11-16(9(7-21-11)12(18)19)13(20)15-8-4-5-10(17)14-6-8/h8-9,11H,2-7H2,1H3,(H,14,17)(H,15,20)(H,18,19). The van der Waals surface area contributed by atoms with Gasteiger partial charge in [-0.1, -0.05) is 13.3 Å². The molecule has 118 valence electrons. The van der Waals surface area contributed by atoms with Crippen molar-refractivity contribution >= 4 is 29.7 Å². The molecule has 0 aromatic heterocycles. The molecular formula is C13H21N3O4S. The molecule has 2 fully saturated rings. The minimum absolute atomic E-state index is 0.00972. The maximum absolute atomic E-state index is 12.4. The summed E-state index contributed by atoms with van der Waals surface area (Å²) < 4.78 is 0. The molecule has 3 N–H and O–H groups in total. The molecule has 0 aromatic carbocycles. The van der Waals surface area contributed by atoms with Crippen LogP contribution in [0.2, 0.25) is 0 Å². The summed E-state index contributed by atoms with van der Waals surface area (Å²) in [6, 6.07) is -1.24. The van der Waals surface area contributed by atoms with Crippen LogP contribution >= 0.6 is 11.8 Å². The van der Waals surface area contributed by atoms with Gasteiger partial charge in [0.15, 0.2) is 0 Å². The van der Waals surface area contributed by atoms with Crippen LogP contribution in [0.25, 0.3) is 0 Å². The quantitative estimate of drug-likeness (QED) is 0.706. The second kappa shape index (κ2) is 7.02. The van der Waals surface area contributed by atoms with Crippen molar-refractivity contribution in [2.75, 3.05) is 12.3 Å². The van der Waals surface area contributed by atoms with Gasteiger partial charge in [0.1, 0.15) is 6.04 Å². The minimum Gasteiger partial charge on any atom is -0.480 e. The minimum atomic E-state index is -0.965. The number of piperidine rings is 1. The number of carboxylic acid groups (broad SMARTS) is 1. The lowest BCUT2D eigenvalue weighted by molar-refractivity contribution is -0.141. The predicted octanol–water partition coefficient (Wildman–Crippen LogP) is 0.603. The number of carbonyl (C=O) groups is 3. The highest BCUT2D eigenvalue weighted by atomic mass is 32.2. The van der Waals surface area contributed by atoms with Crippen LogP contribution < -0.4 is 10.6 Å². The summed E-state index contributed by atoms with van der Waals surface area (Å²) in [4.78, 5) is 36.3. The number of hydrogen-bond donors (Lipinski definition) is 3. The Hall–Kier alpha value is -1.44. The Kier molecular flexibility index (Phi) is 5.33. The Balaban J connectivity index is 1.99. The number of nitrogens with zero attached hydrogens (tertiary/aromatic N) is 1. The Labute approximate surface area is 127 Å². The average Bonchev–Trinajstić information content (AvgIpc) is 2.86. The summed E-state index contributed by atoms with van der Waals surface area (Å²) in [6.07, 6.45) is 2.66. The average molecular weight is 315 g/mol. The number of thioether (sulfide) groups is 1. The summed E-state index contributed by atoms with van der Waals surface area (Å²) in [5.74, 6) is -0.549. The van der Waals surface area contributed by atoms with Crippen molar-refractivity contribution in [3.63, 3.8) is 0 Å². The zero-order valence-corrected chi connectivity index (χ0v) is 12.8. The summed E-state index contributed by atoms with van der Waals surface area (Å²) in [7, 11) is 0. The molecular weight excluding hydrogens is 294 g/mol. The number of nitrogens with one attached hydrogen (secondary N) is 2. The van der Waals surface area contributed by atoms with Gasteiger partial charge in [0.05, 0.1) is 5.37 Å². The third kappa shape index (κ3) is 3.81. The van der Waals surface area contributed by atoms with Crippen molar-refractivity contribution < 1.29 is 19.5 Å². The van der Waals surface area contributed by atoms with E-state index in [1.165, 1.54) is 16.7 Å². The molecule has 0 bridgehead atoms. The number of carbonyl (C=O) groups excluding carboxylic acids is 2. The molecule has 7 nitrogen and oxygen atoms in total. The number of amides is 3.